The predicted molar refractivity (Wildman–Crippen MR) is 107 cm³/mol. The van der Waals surface area contributed by atoms with Gasteiger partial charge in [-0.2, -0.15) is 0 Å². The Balaban J connectivity index is 0.00000261. The van der Waals surface area contributed by atoms with Gasteiger partial charge in [-0.25, -0.2) is 0 Å². The highest BCUT2D eigenvalue weighted by Gasteiger charge is 2.28. The van der Waals surface area contributed by atoms with E-state index in [1.54, 1.807) is 0 Å². The SMILES string of the molecule is Cl.O=C(NC1CCNCC1)C1CCN(C(=O)CCOc2ccccc2)CC1. The van der Waals surface area contributed by atoms with Gasteiger partial charge in [0.25, 0.3) is 0 Å². The number of carbonyl (C=O) groups excluding carboxylic acids is 2. The van der Waals surface area contributed by atoms with E-state index in [0.29, 0.717) is 32.2 Å². The molecule has 2 aliphatic rings. The van der Waals surface area contributed by atoms with Gasteiger partial charge in [0.2, 0.25) is 11.8 Å². The summed E-state index contributed by atoms with van der Waals surface area (Å²) in [6, 6.07) is 9.84. The fraction of sp³-hybridized carbons (Fsp3) is 0.600. The molecular weight excluding hydrogens is 366 g/mol. The third-order valence-corrected chi connectivity index (χ3v) is 5.23. The van der Waals surface area contributed by atoms with Crippen molar-refractivity contribution >= 4 is 24.2 Å². The van der Waals surface area contributed by atoms with Crippen molar-refractivity contribution in [3.8, 4) is 5.75 Å². The number of halogens is 1. The summed E-state index contributed by atoms with van der Waals surface area (Å²) in [5.41, 5.74) is 0. The van der Waals surface area contributed by atoms with Crippen molar-refractivity contribution in [3.63, 3.8) is 0 Å². The summed E-state index contributed by atoms with van der Waals surface area (Å²) in [6.45, 7) is 3.66. The molecule has 0 saturated carbocycles. The molecule has 0 aliphatic carbocycles. The fourth-order valence-corrected chi connectivity index (χ4v) is 3.61. The van der Waals surface area contributed by atoms with Crippen LogP contribution in [0.3, 0.4) is 0 Å². The summed E-state index contributed by atoms with van der Waals surface area (Å²) < 4.78 is 5.59. The van der Waals surface area contributed by atoms with Gasteiger partial charge in [0.15, 0.2) is 0 Å². The molecule has 27 heavy (non-hydrogen) atoms. The molecule has 150 valence electrons. The number of rotatable bonds is 6. The number of ether oxygens (including phenoxy) is 1. The normalized spacial score (nSPS) is 18.4. The van der Waals surface area contributed by atoms with E-state index >= 15 is 0 Å². The second-order valence-corrected chi connectivity index (χ2v) is 7.10. The molecule has 7 heteroatoms. The van der Waals surface area contributed by atoms with Crippen molar-refractivity contribution in [2.45, 2.75) is 38.1 Å². The van der Waals surface area contributed by atoms with E-state index in [1.807, 2.05) is 35.2 Å². The molecule has 3 rings (SSSR count). The van der Waals surface area contributed by atoms with Gasteiger partial charge in [-0.05, 0) is 50.9 Å². The third-order valence-electron chi connectivity index (χ3n) is 5.23. The summed E-state index contributed by atoms with van der Waals surface area (Å²) in [4.78, 5) is 26.6. The first-order chi connectivity index (χ1) is 12.7. The first kappa shape index (κ1) is 21.5. The number of amides is 2. The van der Waals surface area contributed by atoms with E-state index < -0.39 is 0 Å². The second-order valence-electron chi connectivity index (χ2n) is 7.10. The molecule has 0 bridgehead atoms. The van der Waals surface area contributed by atoms with Gasteiger partial charge < -0.3 is 20.3 Å². The van der Waals surface area contributed by atoms with Crippen LogP contribution in [0.25, 0.3) is 0 Å². The molecule has 2 N–H and O–H groups in total. The average Bonchev–Trinajstić information content (AvgIpc) is 2.69. The van der Waals surface area contributed by atoms with Gasteiger partial charge in [0.05, 0.1) is 13.0 Å². The van der Waals surface area contributed by atoms with Crippen LogP contribution in [0.2, 0.25) is 0 Å². The molecule has 2 fully saturated rings. The highest BCUT2D eigenvalue weighted by molar-refractivity contribution is 5.85. The maximum Gasteiger partial charge on any atom is 0.225 e. The van der Waals surface area contributed by atoms with Crippen LogP contribution < -0.4 is 15.4 Å². The van der Waals surface area contributed by atoms with Crippen molar-refractivity contribution in [2.24, 2.45) is 5.92 Å². The van der Waals surface area contributed by atoms with Crippen molar-refractivity contribution < 1.29 is 14.3 Å². The quantitative estimate of drug-likeness (QED) is 0.772. The van der Waals surface area contributed by atoms with E-state index in [0.717, 1.165) is 44.5 Å². The van der Waals surface area contributed by atoms with Crippen LogP contribution in [0, 0.1) is 5.92 Å². The van der Waals surface area contributed by atoms with E-state index in [-0.39, 0.29) is 30.1 Å². The fourth-order valence-electron chi connectivity index (χ4n) is 3.61. The lowest BCUT2D eigenvalue weighted by Gasteiger charge is -2.33. The Morgan fingerprint density at radius 1 is 1.07 bits per heavy atom. The molecule has 0 unspecified atom stereocenters. The number of benzene rings is 1. The number of nitrogens with one attached hydrogen (secondary N) is 2. The van der Waals surface area contributed by atoms with Gasteiger partial charge in [-0.3, -0.25) is 9.59 Å². The summed E-state index contributed by atoms with van der Waals surface area (Å²) in [7, 11) is 0. The van der Waals surface area contributed by atoms with Gasteiger partial charge in [0, 0.05) is 25.0 Å². The van der Waals surface area contributed by atoms with Crippen LogP contribution >= 0.6 is 12.4 Å². The lowest BCUT2D eigenvalue weighted by Crippen LogP contribution is -2.48. The van der Waals surface area contributed by atoms with Crippen LogP contribution in [-0.2, 0) is 9.59 Å². The summed E-state index contributed by atoms with van der Waals surface area (Å²) in [5, 5.41) is 6.49. The first-order valence-corrected chi connectivity index (χ1v) is 9.69. The molecule has 0 atom stereocenters. The smallest absolute Gasteiger partial charge is 0.225 e. The number of hydrogen-bond acceptors (Lipinski definition) is 4. The maximum absolute atomic E-state index is 12.4. The molecule has 2 aliphatic heterocycles. The second kappa shape index (κ2) is 11.1. The number of carbonyl (C=O) groups is 2. The van der Waals surface area contributed by atoms with E-state index in [2.05, 4.69) is 10.6 Å². The Morgan fingerprint density at radius 3 is 2.41 bits per heavy atom. The minimum absolute atomic E-state index is 0. The van der Waals surface area contributed by atoms with Crippen molar-refractivity contribution in [2.75, 3.05) is 32.8 Å². The molecule has 0 spiro atoms. The lowest BCUT2D eigenvalue weighted by molar-refractivity contribution is -0.136. The Kier molecular flexibility index (Phi) is 8.88. The molecule has 0 radical (unpaired) electrons. The molecule has 0 aromatic heterocycles. The van der Waals surface area contributed by atoms with Crippen LogP contribution in [0.5, 0.6) is 5.75 Å². The summed E-state index contributed by atoms with van der Waals surface area (Å²) in [6.07, 6.45) is 3.89. The molecule has 1 aromatic rings. The molecule has 6 nitrogen and oxygen atoms in total. The average molecular weight is 396 g/mol. The molecular formula is C20H30ClN3O3. The zero-order chi connectivity index (χ0) is 18.2. The Morgan fingerprint density at radius 2 is 1.74 bits per heavy atom. The minimum Gasteiger partial charge on any atom is -0.493 e. The van der Waals surface area contributed by atoms with Crippen molar-refractivity contribution in [3.05, 3.63) is 30.3 Å². The van der Waals surface area contributed by atoms with Crippen LogP contribution in [-0.4, -0.2) is 55.5 Å². The highest BCUT2D eigenvalue weighted by atomic mass is 35.5. The number of piperidine rings is 2. The predicted octanol–water partition coefficient (Wildman–Crippen LogP) is 1.98. The molecule has 2 amide bonds. The van der Waals surface area contributed by atoms with Crippen LogP contribution in [0.4, 0.5) is 0 Å². The highest BCUT2D eigenvalue weighted by Crippen LogP contribution is 2.19. The largest absolute Gasteiger partial charge is 0.493 e. The molecule has 1 aromatic carbocycles. The summed E-state index contributed by atoms with van der Waals surface area (Å²) in [5.74, 6) is 1.10. The Hall–Kier alpha value is -1.79. The minimum atomic E-state index is 0. The number of likely N-dealkylation sites (tertiary alicyclic amines) is 1. The van der Waals surface area contributed by atoms with E-state index in [9.17, 15) is 9.59 Å². The lowest BCUT2D eigenvalue weighted by atomic mass is 9.94. The topological polar surface area (TPSA) is 70.7 Å². The van der Waals surface area contributed by atoms with Crippen LogP contribution in [0.15, 0.2) is 30.3 Å². The van der Waals surface area contributed by atoms with Crippen LogP contribution in [0.1, 0.15) is 32.1 Å². The molecule has 2 heterocycles. The number of nitrogens with zero attached hydrogens (tertiary/aromatic N) is 1. The van der Waals surface area contributed by atoms with E-state index in [1.165, 1.54) is 0 Å². The van der Waals surface area contributed by atoms with Gasteiger partial charge in [-0.1, -0.05) is 18.2 Å². The zero-order valence-corrected chi connectivity index (χ0v) is 16.5. The Bertz CT molecular complexity index is 585. The first-order valence-electron chi connectivity index (χ1n) is 9.69. The standard InChI is InChI=1S/C20H29N3O3.ClH/c24-19(10-15-26-18-4-2-1-3-5-18)23-13-8-16(9-14-23)20(25)22-17-6-11-21-12-7-17;/h1-5,16-17,21H,6-15H2,(H,22,25);1H. The number of para-hydroxylation sites is 1. The Labute approximate surface area is 167 Å². The van der Waals surface area contributed by atoms with Gasteiger partial charge in [-0.15, -0.1) is 12.4 Å². The van der Waals surface area contributed by atoms with Gasteiger partial charge in [0.1, 0.15) is 5.75 Å². The third kappa shape index (κ3) is 6.70. The zero-order valence-electron chi connectivity index (χ0n) is 15.7. The van der Waals surface area contributed by atoms with Gasteiger partial charge >= 0.3 is 0 Å². The van der Waals surface area contributed by atoms with Crippen molar-refractivity contribution in [1.29, 1.82) is 0 Å². The van der Waals surface area contributed by atoms with Crippen molar-refractivity contribution in [1.82, 2.24) is 15.5 Å². The summed E-state index contributed by atoms with van der Waals surface area (Å²) >= 11 is 0. The monoisotopic (exact) mass is 395 g/mol. The number of hydrogen-bond donors (Lipinski definition) is 2. The maximum atomic E-state index is 12.4. The molecule has 2 saturated heterocycles. The van der Waals surface area contributed by atoms with E-state index in [4.69, 9.17) is 4.74 Å².